The number of rotatable bonds is 1. The highest BCUT2D eigenvalue weighted by Crippen LogP contribution is 2.49. The molecule has 1 fully saturated rings. The van der Waals surface area contributed by atoms with Crippen LogP contribution in [0, 0.1) is 11.3 Å². The van der Waals surface area contributed by atoms with E-state index in [1.807, 2.05) is 27.7 Å². The van der Waals surface area contributed by atoms with Gasteiger partial charge in [0.1, 0.15) is 0 Å². The van der Waals surface area contributed by atoms with Crippen LogP contribution in [0.2, 0.25) is 0 Å². The Hall–Kier alpha value is -1.10. The molecular formula is C14H23NO4. The van der Waals surface area contributed by atoms with Gasteiger partial charge in [0.2, 0.25) is 5.90 Å². The van der Waals surface area contributed by atoms with E-state index in [9.17, 15) is 9.90 Å². The Morgan fingerprint density at radius 3 is 2.53 bits per heavy atom. The Morgan fingerprint density at radius 1 is 1.53 bits per heavy atom. The Kier molecular flexibility index (Phi) is 3.16. The molecule has 0 aromatic rings. The van der Waals surface area contributed by atoms with Crippen LogP contribution in [0.3, 0.4) is 0 Å². The molecule has 0 unspecified atom stereocenters. The molecule has 1 heterocycles. The molecule has 3 atom stereocenters. The highest BCUT2D eigenvalue weighted by Gasteiger charge is 2.62. The summed E-state index contributed by atoms with van der Waals surface area (Å²) < 4.78 is 11.1. The lowest BCUT2D eigenvalue weighted by Gasteiger charge is -2.51. The second-order valence-electron chi connectivity index (χ2n) is 6.64. The number of esters is 1. The first kappa shape index (κ1) is 14.3. The molecule has 0 aromatic carbocycles. The van der Waals surface area contributed by atoms with E-state index in [-0.39, 0.29) is 23.9 Å². The van der Waals surface area contributed by atoms with Crippen LogP contribution in [0.15, 0.2) is 4.99 Å². The molecule has 0 saturated heterocycles. The van der Waals surface area contributed by atoms with Gasteiger partial charge in [-0.15, -0.1) is 0 Å². The van der Waals surface area contributed by atoms with Gasteiger partial charge in [0.25, 0.3) is 0 Å². The summed E-state index contributed by atoms with van der Waals surface area (Å²) in [5.41, 5.74) is -2.12. The van der Waals surface area contributed by atoms with E-state index in [2.05, 4.69) is 4.99 Å². The lowest BCUT2D eigenvalue weighted by molar-refractivity contribution is -0.181. The fraction of sp³-hybridized carbons (Fsp3) is 0.857. The number of aliphatic hydroxyl groups is 1. The van der Waals surface area contributed by atoms with Crippen LogP contribution in [0.4, 0.5) is 0 Å². The van der Waals surface area contributed by atoms with Gasteiger partial charge in [0, 0.05) is 17.9 Å². The van der Waals surface area contributed by atoms with E-state index in [0.717, 1.165) is 6.42 Å². The maximum absolute atomic E-state index is 12.4. The maximum atomic E-state index is 12.4. The third kappa shape index (κ3) is 1.78. The smallest absolute Gasteiger partial charge is 0.335 e. The molecule has 2 rings (SSSR count). The number of carbonyl (C=O) groups is 1. The van der Waals surface area contributed by atoms with Crippen molar-refractivity contribution in [1.29, 1.82) is 0 Å². The van der Waals surface area contributed by atoms with Crippen molar-refractivity contribution in [3.05, 3.63) is 0 Å². The molecule has 2 aliphatic rings. The molecule has 1 aliphatic carbocycles. The molecular weight excluding hydrogens is 246 g/mol. The number of ether oxygens (including phenoxy) is 2. The van der Waals surface area contributed by atoms with Gasteiger partial charge in [0.15, 0.2) is 11.1 Å². The topological polar surface area (TPSA) is 68.1 Å². The lowest BCUT2D eigenvalue weighted by Crippen LogP contribution is -2.65. The summed E-state index contributed by atoms with van der Waals surface area (Å²) >= 11 is 0. The Labute approximate surface area is 114 Å². The maximum Gasteiger partial charge on any atom is 0.335 e. The van der Waals surface area contributed by atoms with Gasteiger partial charge in [-0.2, -0.15) is 0 Å². The number of aliphatic imine (C=N–C) groups is 1. The summed E-state index contributed by atoms with van der Waals surface area (Å²) in [6, 6.07) is 0. The molecule has 5 nitrogen and oxygen atoms in total. The Bertz CT molecular complexity index is 424. The summed E-state index contributed by atoms with van der Waals surface area (Å²) in [6.07, 6.45) is 1.41. The van der Waals surface area contributed by atoms with E-state index in [1.54, 1.807) is 7.11 Å². The van der Waals surface area contributed by atoms with Crippen molar-refractivity contribution in [1.82, 2.24) is 0 Å². The van der Waals surface area contributed by atoms with Crippen molar-refractivity contribution in [2.45, 2.75) is 51.7 Å². The van der Waals surface area contributed by atoms with E-state index in [0.29, 0.717) is 12.3 Å². The van der Waals surface area contributed by atoms with Crippen LogP contribution in [-0.2, 0) is 14.3 Å². The third-order valence-electron chi connectivity index (χ3n) is 4.75. The third-order valence-corrected chi connectivity index (χ3v) is 4.75. The van der Waals surface area contributed by atoms with E-state index in [4.69, 9.17) is 9.47 Å². The molecule has 1 N–H and O–H groups in total. The highest BCUT2D eigenvalue weighted by atomic mass is 16.6. The zero-order valence-corrected chi connectivity index (χ0v) is 12.3. The van der Waals surface area contributed by atoms with Crippen molar-refractivity contribution in [3.63, 3.8) is 0 Å². The van der Waals surface area contributed by atoms with E-state index >= 15 is 0 Å². The summed E-state index contributed by atoms with van der Waals surface area (Å²) in [5.74, 6) is -0.0524. The van der Waals surface area contributed by atoms with Gasteiger partial charge in [0.05, 0.1) is 7.11 Å². The van der Waals surface area contributed by atoms with Gasteiger partial charge in [-0.3, -0.25) is 0 Å². The first-order valence-corrected chi connectivity index (χ1v) is 6.70. The number of methoxy groups -OCH3 is 1. The van der Waals surface area contributed by atoms with Crippen molar-refractivity contribution in [3.8, 4) is 0 Å². The van der Waals surface area contributed by atoms with Crippen LogP contribution in [0.5, 0.6) is 0 Å². The predicted molar refractivity (Wildman–Crippen MR) is 70.9 cm³/mol. The molecule has 0 amide bonds. The first-order chi connectivity index (χ1) is 8.71. The zero-order chi connectivity index (χ0) is 14.5. The van der Waals surface area contributed by atoms with Gasteiger partial charge in [-0.1, -0.05) is 20.8 Å². The molecule has 19 heavy (non-hydrogen) atoms. The normalized spacial score (nSPS) is 38.5. The SMILES string of the molecule is COC1=N[C@]2(CC[C@H]2CO)C(=O)O[C@]1(C)C(C)(C)C. The molecule has 1 aliphatic heterocycles. The number of hydrogen-bond acceptors (Lipinski definition) is 5. The number of aliphatic hydroxyl groups excluding tert-OH is 1. The minimum atomic E-state index is -0.926. The standard InChI is InChI=1S/C14H23NO4/c1-12(2,3)13(4)10(18-5)15-14(11(17)19-13)7-6-9(14)8-16/h9,16H,6-8H2,1-5H3/t9-,13-,14-/m0/s1. The monoisotopic (exact) mass is 269 g/mol. The Balaban J connectivity index is 2.47. The average molecular weight is 269 g/mol. The Morgan fingerprint density at radius 2 is 2.16 bits per heavy atom. The molecule has 0 bridgehead atoms. The fourth-order valence-electron chi connectivity index (χ4n) is 2.65. The van der Waals surface area contributed by atoms with Crippen LogP contribution < -0.4 is 0 Å². The summed E-state index contributed by atoms with van der Waals surface area (Å²) in [4.78, 5) is 16.9. The van der Waals surface area contributed by atoms with Crippen LogP contribution in [0.1, 0.15) is 40.5 Å². The summed E-state index contributed by atoms with van der Waals surface area (Å²) in [5, 5.41) is 9.35. The van der Waals surface area contributed by atoms with Crippen LogP contribution in [-0.4, -0.2) is 41.8 Å². The van der Waals surface area contributed by atoms with Crippen molar-refractivity contribution in [2.75, 3.05) is 13.7 Å². The minimum Gasteiger partial charge on any atom is -0.481 e. The molecule has 0 radical (unpaired) electrons. The highest BCUT2D eigenvalue weighted by molar-refractivity contribution is 5.97. The fourth-order valence-corrected chi connectivity index (χ4v) is 2.65. The van der Waals surface area contributed by atoms with Crippen LogP contribution in [0.25, 0.3) is 0 Å². The minimum absolute atomic E-state index is 0.0537. The van der Waals surface area contributed by atoms with Crippen LogP contribution >= 0.6 is 0 Å². The number of hydrogen-bond donors (Lipinski definition) is 1. The van der Waals surface area contributed by atoms with Crippen molar-refractivity contribution >= 4 is 11.9 Å². The average Bonchev–Trinajstić information content (AvgIpc) is 2.27. The zero-order valence-electron chi connectivity index (χ0n) is 12.3. The second-order valence-corrected chi connectivity index (χ2v) is 6.64. The lowest BCUT2D eigenvalue weighted by atomic mass is 9.65. The largest absolute Gasteiger partial charge is 0.481 e. The number of nitrogens with zero attached hydrogens (tertiary/aromatic N) is 1. The van der Waals surface area contributed by atoms with Crippen molar-refractivity contribution < 1.29 is 19.4 Å². The van der Waals surface area contributed by atoms with Gasteiger partial charge in [-0.25, -0.2) is 9.79 Å². The van der Waals surface area contributed by atoms with Gasteiger partial charge in [-0.05, 0) is 19.8 Å². The quantitative estimate of drug-likeness (QED) is 0.733. The van der Waals surface area contributed by atoms with Crippen molar-refractivity contribution in [2.24, 2.45) is 16.3 Å². The second kappa shape index (κ2) is 4.20. The first-order valence-electron chi connectivity index (χ1n) is 6.70. The molecule has 5 heteroatoms. The molecule has 1 saturated carbocycles. The summed E-state index contributed by atoms with van der Waals surface area (Å²) in [6.45, 7) is 7.72. The molecule has 0 aromatic heterocycles. The van der Waals surface area contributed by atoms with Gasteiger partial charge >= 0.3 is 5.97 Å². The number of cyclic esters (lactones) is 1. The number of carbonyl (C=O) groups excluding carboxylic acids is 1. The molecule has 108 valence electrons. The van der Waals surface area contributed by atoms with E-state index < -0.39 is 11.1 Å². The van der Waals surface area contributed by atoms with E-state index in [1.165, 1.54) is 0 Å². The predicted octanol–water partition coefficient (Wildman–Crippen LogP) is 1.53. The van der Waals surface area contributed by atoms with Gasteiger partial charge < -0.3 is 14.6 Å². The summed E-state index contributed by atoms with van der Waals surface area (Å²) in [7, 11) is 1.54. The molecule has 1 spiro atoms.